The van der Waals surface area contributed by atoms with Gasteiger partial charge in [0, 0.05) is 5.02 Å². The van der Waals surface area contributed by atoms with Gasteiger partial charge in [0.1, 0.15) is 0 Å². The second-order valence-corrected chi connectivity index (χ2v) is 4.46. The van der Waals surface area contributed by atoms with E-state index in [9.17, 15) is 5.11 Å². The van der Waals surface area contributed by atoms with E-state index in [1.165, 1.54) is 11.1 Å². The number of hydrogen-bond donors (Lipinski definition) is 1. The monoisotopic (exact) mass is 226 g/mol. The van der Waals surface area contributed by atoms with Crippen molar-refractivity contribution in [2.75, 3.05) is 0 Å². The fourth-order valence-corrected chi connectivity index (χ4v) is 1.92. The topological polar surface area (TPSA) is 20.2 Å². The van der Waals surface area contributed by atoms with Gasteiger partial charge in [-0.3, -0.25) is 0 Å². The third-order valence-corrected chi connectivity index (χ3v) is 3.02. The average Bonchev–Trinajstić information content (AvgIpc) is 2.21. The molecule has 1 atom stereocenters. The first-order chi connectivity index (χ1) is 7.13. The van der Waals surface area contributed by atoms with E-state index >= 15 is 0 Å². The second kappa shape index (κ2) is 6.14. The van der Waals surface area contributed by atoms with Crippen molar-refractivity contribution in [3.8, 4) is 0 Å². The van der Waals surface area contributed by atoms with Crippen LogP contribution in [0.15, 0.2) is 18.2 Å². The molecule has 84 valence electrons. The maximum absolute atomic E-state index is 9.42. The fourth-order valence-electron chi connectivity index (χ4n) is 1.59. The molecule has 1 aromatic rings. The van der Waals surface area contributed by atoms with Crippen LogP contribution in [-0.4, -0.2) is 11.2 Å². The van der Waals surface area contributed by atoms with Crippen molar-refractivity contribution in [2.24, 2.45) is 0 Å². The van der Waals surface area contributed by atoms with E-state index in [2.05, 4.69) is 12.1 Å². The van der Waals surface area contributed by atoms with Crippen LogP contribution in [0.5, 0.6) is 0 Å². The van der Waals surface area contributed by atoms with Crippen molar-refractivity contribution in [1.82, 2.24) is 0 Å². The number of aryl methyl sites for hydroxylation is 2. The third-order valence-electron chi connectivity index (χ3n) is 2.66. The molecule has 1 nitrogen and oxygen atoms in total. The van der Waals surface area contributed by atoms with Crippen LogP contribution in [-0.2, 0) is 6.42 Å². The van der Waals surface area contributed by atoms with Gasteiger partial charge in [-0.15, -0.1) is 0 Å². The van der Waals surface area contributed by atoms with Gasteiger partial charge < -0.3 is 5.11 Å². The van der Waals surface area contributed by atoms with Gasteiger partial charge in [0.2, 0.25) is 0 Å². The maximum atomic E-state index is 9.42. The van der Waals surface area contributed by atoms with Crippen LogP contribution in [0, 0.1) is 6.92 Å². The number of rotatable bonds is 5. The van der Waals surface area contributed by atoms with Crippen molar-refractivity contribution >= 4 is 11.6 Å². The minimum atomic E-state index is -0.158. The van der Waals surface area contributed by atoms with Gasteiger partial charge >= 0.3 is 0 Å². The molecule has 0 bridgehead atoms. The summed E-state index contributed by atoms with van der Waals surface area (Å²) in [5, 5.41) is 10.3. The van der Waals surface area contributed by atoms with Crippen LogP contribution in [0.2, 0.25) is 5.02 Å². The first-order valence-corrected chi connectivity index (χ1v) is 5.94. The molecule has 0 saturated carbocycles. The van der Waals surface area contributed by atoms with E-state index < -0.39 is 0 Å². The van der Waals surface area contributed by atoms with Crippen LogP contribution in [0.3, 0.4) is 0 Å². The summed E-state index contributed by atoms with van der Waals surface area (Å²) < 4.78 is 0. The lowest BCUT2D eigenvalue weighted by Gasteiger charge is -2.08. The van der Waals surface area contributed by atoms with Crippen LogP contribution < -0.4 is 0 Å². The zero-order valence-electron chi connectivity index (χ0n) is 9.46. The van der Waals surface area contributed by atoms with Crippen LogP contribution in [0.1, 0.15) is 37.3 Å². The Labute approximate surface area is 97.1 Å². The van der Waals surface area contributed by atoms with E-state index in [0.717, 1.165) is 30.7 Å². The Bertz CT molecular complexity index is 309. The molecule has 0 aliphatic carbocycles. The standard InChI is InChI=1S/C13H19ClO/c1-3-12(15)6-4-5-11-8-7-10(2)9-13(11)14/h7-9,12,15H,3-6H2,1-2H3. The Hall–Kier alpha value is -0.530. The molecule has 15 heavy (non-hydrogen) atoms. The lowest BCUT2D eigenvalue weighted by molar-refractivity contribution is 0.158. The molecule has 0 aliphatic rings. The highest BCUT2D eigenvalue weighted by atomic mass is 35.5. The summed E-state index contributed by atoms with van der Waals surface area (Å²) in [6.07, 6.45) is 3.49. The molecule has 0 saturated heterocycles. The molecule has 1 unspecified atom stereocenters. The molecule has 0 fully saturated rings. The lowest BCUT2D eigenvalue weighted by atomic mass is 10.0. The Morgan fingerprint density at radius 1 is 1.40 bits per heavy atom. The van der Waals surface area contributed by atoms with E-state index in [0.29, 0.717) is 0 Å². The smallest absolute Gasteiger partial charge is 0.0537 e. The molecule has 0 aliphatic heterocycles. The Morgan fingerprint density at radius 3 is 2.73 bits per heavy atom. The Morgan fingerprint density at radius 2 is 2.13 bits per heavy atom. The van der Waals surface area contributed by atoms with Gasteiger partial charge in [0.15, 0.2) is 0 Å². The highest BCUT2D eigenvalue weighted by molar-refractivity contribution is 6.31. The molecular formula is C13H19ClO. The number of benzene rings is 1. The van der Waals surface area contributed by atoms with E-state index in [4.69, 9.17) is 11.6 Å². The summed E-state index contributed by atoms with van der Waals surface area (Å²) in [5.41, 5.74) is 2.38. The molecule has 2 heteroatoms. The van der Waals surface area contributed by atoms with Crippen LogP contribution >= 0.6 is 11.6 Å². The molecule has 0 spiro atoms. The van der Waals surface area contributed by atoms with Gasteiger partial charge in [-0.1, -0.05) is 30.7 Å². The minimum Gasteiger partial charge on any atom is -0.393 e. The normalized spacial score (nSPS) is 12.8. The predicted octanol–water partition coefficient (Wildman–Crippen LogP) is 3.74. The molecule has 0 heterocycles. The van der Waals surface area contributed by atoms with Crippen LogP contribution in [0.25, 0.3) is 0 Å². The molecule has 1 aromatic carbocycles. The van der Waals surface area contributed by atoms with Gasteiger partial charge in [0.05, 0.1) is 6.10 Å². The summed E-state index contributed by atoms with van der Waals surface area (Å²) in [6.45, 7) is 4.04. The quantitative estimate of drug-likeness (QED) is 0.811. The number of aliphatic hydroxyl groups excluding tert-OH is 1. The SMILES string of the molecule is CCC(O)CCCc1ccc(C)cc1Cl. The molecule has 0 radical (unpaired) electrons. The second-order valence-electron chi connectivity index (χ2n) is 4.05. The number of halogens is 1. The van der Waals surface area contributed by atoms with Crippen LogP contribution in [0.4, 0.5) is 0 Å². The van der Waals surface area contributed by atoms with Gasteiger partial charge in [-0.05, 0) is 49.8 Å². The fraction of sp³-hybridized carbons (Fsp3) is 0.538. The molecule has 0 amide bonds. The van der Waals surface area contributed by atoms with Crippen molar-refractivity contribution < 1.29 is 5.11 Å². The van der Waals surface area contributed by atoms with Gasteiger partial charge in [0.25, 0.3) is 0 Å². The summed E-state index contributed by atoms with van der Waals surface area (Å²) in [5.74, 6) is 0. The average molecular weight is 227 g/mol. The molecule has 1 N–H and O–H groups in total. The van der Waals surface area contributed by atoms with Gasteiger partial charge in [-0.2, -0.15) is 0 Å². The first kappa shape index (κ1) is 12.5. The lowest BCUT2D eigenvalue weighted by Crippen LogP contribution is -2.04. The van der Waals surface area contributed by atoms with E-state index in [1.807, 2.05) is 19.9 Å². The van der Waals surface area contributed by atoms with Gasteiger partial charge in [-0.25, -0.2) is 0 Å². The first-order valence-electron chi connectivity index (χ1n) is 5.56. The maximum Gasteiger partial charge on any atom is 0.0537 e. The zero-order valence-corrected chi connectivity index (χ0v) is 10.2. The van der Waals surface area contributed by atoms with E-state index in [-0.39, 0.29) is 6.10 Å². The molecule has 1 rings (SSSR count). The Kier molecular flexibility index (Phi) is 5.13. The summed E-state index contributed by atoms with van der Waals surface area (Å²) in [4.78, 5) is 0. The predicted molar refractivity (Wildman–Crippen MR) is 65.4 cm³/mol. The summed E-state index contributed by atoms with van der Waals surface area (Å²) in [7, 11) is 0. The number of aliphatic hydroxyl groups is 1. The highest BCUT2D eigenvalue weighted by Crippen LogP contribution is 2.19. The minimum absolute atomic E-state index is 0.158. The van der Waals surface area contributed by atoms with Crippen molar-refractivity contribution in [3.05, 3.63) is 34.3 Å². The van der Waals surface area contributed by atoms with E-state index in [1.54, 1.807) is 0 Å². The van der Waals surface area contributed by atoms with Crippen molar-refractivity contribution in [1.29, 1.82) is 0 Å². The summed E-state index contributed by atoms with van der Waals surface area (Å²) in [6, 6.07) is 6.15. The van der Waals surface area contributed by atoms with Crippen molar-refractivity contribution in [3.63, 3.8) is 0 Å². The Balaban J connectivity index is 2.44. The largest absolute Gasteiger partial charge is 0.393 e. The van der Waals surface area contributed by atoms with Crippen molar-refractivity contribution in [2.45, 2.75) is 45.6 Å². The molecule has 0 aromatic heterocycles. The summed E-state index contributed by atoms with van der Waals surface area (Å²) >= 11 is 6.12. The molecular weight excluding hydrogens is 208 g/mol. The highest BCUT2D eigenvalue weighted by Gasteiger charge is 2.03. The number of hydrogen-bond acceptors (Lipinski definition) is 1. The zero-order chi connectivity index (χ0) is 11.3. The third kappa shape index (κ3) is 4.23.